The van der Waals surface area contributed by atoms with Gasteiger partial charge in [-0.05, 0) is 62.1 Å². The lowest BCUT2D eigenvalue weighted by Gasteiger charge is -2.30. The molecule has 1 aliphatic rings. The van der Waals surface area contributed by atoms with E-state index in [1.807, 2.05) is 12.1 Å². The van der Waals surface area contributed by atoms with Gasteiger partial charge in [-0.15, -0.1) is 12.4 Å². The summed E-state index contributed by atoms with van der Waals surface area (Å²) in [4.78, 5) is 0. The third-order valence-electron chi connectivity index (χ3n) is 3.88. The van der Waals surface area contributed by atoms with Gasteiger partial charge in [0.05, 0.1) is 0 Å². The monoisotopic (exact) mass is 255 g/mol. The second-order valence-corrected chi connectivity index (χ2v) is 5.06. The maximum atomic E-state index is 9.25. The van der Waals surface area contributed by atoms with Gasteiger partial charge in [0.25, 0.3) is 0 Å². The van der Waals surface area contributed by atoms with Gasteiger partial charge in [-0.25, -0.2) is 0 Å². The minimum atomic E-state index is 0. The molecule has 1 unspecified atom stereocenters. The highest BCUT2D eigenvalue weighted by atomic mass is 35.5. The molecule has 0 saturated heterocycles. The molecule has 3 heteroatoms. The summed E-state index contributed by atoms with van der Waals surface area (Å²) in [7, 11) is 0. The molecule has 1 aromatic rings. The molecule has 2 rings (SSSR count). The Bertz CT molecular complexity index is 329. The van der Waals surface area contributed by atoms with Crippen LogP contribution < -0.4 is 5.73 Å². The van der Waals surface area contributed by atoms with Crippen LogP contribution in [0.25, 0.3) is 0 Å². The summed E-state index contributed by atoms with van der Waals surface area (Å²) in [6.07, 6.45) is 4.94. The van der Waals surface area contributed by atoms with Crippen LogP contribution in [0.3, 0.4) is 0 Å². The van der Waals surface area contributed by atoms with Gasteiger partial charge in [0.1, 0.15) is 5.75 Å². The van der Waals surface area contributed by atoms with Crippen LogP contribution in [0.4, 0.5) is 0 Å². The molecule has 1 atom stereocenters. The van der Waals surface area contributed by atoms with Crippen LogP contribution in [-0.4, -0.2) is 11.1 Å². The van der Waals surface area contributed by atoms with Gasteiger partial charge in [-0.2, -0.15) is 0 Å². The van der Waals surface area contributed by atoms with E-state index in [1.54, 1.807) is 12.1 Å². The first-order valence-corrected chi connectivity index (χ1v) is 6.21. The fraction of sp³-hybridized carbons (Fsp3) is 0.571. The summed E-state index contributed by atoms with van der Waals surface area (Å²) in [5, 5.41) is 9.25. The van der Waals surface area contributed by atoms with Gasteiger partial charge in [-0.1, -0.05) is 12.1 Å². The molecule has 0 bridgehead atoms. The van der Waals surface area contributed by atoms with Gasteiger partial charge < -0.3 is 10.8 Å². The van der Waals surface area contributed by atoms with Gasteiger partial charge in [0, 0.05) is 6.04 Å². The molecule has 1 saturated carbocycles. The fourth-order valence-electron chi connectivity index (χ4n) is 2.72. The van der Waals surface area contributed by atoms with Gasteiger partial charge in [0.2, 0.25) is 0 Å². The van der Waals surface area contributed by atoms with E-state index in [-0.39, 0.29) is 12.4 Å². The van der Waals surface area contributed by atoms with Crippen LogP contribution in [-0.2, 0) is 0 Å². The van der Waals surface area contributed by atoms with E-state index >= 15 is 0 Å². The molecular formula is C14H22ClNO. The Labute approximate surface area is 110 Å². The van der Waals surface area contributed by atoms with E-state index < -0.39 is 0 Å². The van der Waals surface area contributed by atoms with Crippen LogP contribution in [0.5, 0.6) is 5.75 Å². The Morgan fingerprint density at radius 1 is 1.12 bits per heavy atom. The van der Waals surface area contributed by atoms with E-state index in [0.717, 1.165) is 0 Å². The first-order valence-electron chi connectivity index (χ1n) is 6.21. The number of hydrogen-bond donors (Lipinski definition) is 2. The summed E-state index contributed by atoms with van der Waals surface area (Å²) >= 11 is 0. The second-order valence-electron chi connectivity index (χ2n) is 5.06. The standard InChI is InChI=1S/C14H21NO.ClH/c1-10(15)11-2-4-12(5-3-11)13-6-8-14(16)9-7-13;/h6-12,16H,2-5,15H2,1H3;1H. The highest BCUT2D eigenvalue weighted by molar-refractivity contribution is 5.85. The van der Waals surface area contributed by atoms with E-state index in [0.29, 0.717) is 23.6 Å². The van der Waals surface area contributed by atoms with E-state index in [1.165, 1.54) is 31.2 Å². The average Bonchev–Trinajstić information content (AvgIpc) is 2.30. The van der Waals surface area contributed by atoms with Crippen molar-refractivity contribution in [3.8, 4) is 5.75 Å². The molecule has 1 fully saturated rings. The number of phenols is 1. The molecule has 0 spiro atoms. The summed E-state index contributed by atoms with van der Waals surface area (Å²) in [6, 6.07) is 8.00. The minimum Gasteiger partial charge on any atom is -0.508 e. The zero-order valence-electron chi connectivity index (χ0n) is 10.3. The number of aromatic hydroxyl groups is 1. The molecule has 96 valence electrons. The Hall–Kier alpha value is -0.730. The Morgan fingerprint density at radius 3 is 2.12 bits per heavy atom. The van der Waals surface area contributed by atoms with Gasteiger partial charge >= 0.3 is 0 Å². The number of phenolic OH excluding ortho intramolecular Hbond substituents is 1. The van der Waals surface area contributed by atoms with Crippen LogP contribution in [0.15, 0.2) is 24.3 Å². The highest BCUT2D eigenvalue weighted by Crippen LogP contribution is 2.36. The molecule has 2 nitrogen and oxygen atoms in total. The van der Waals surface area contributed by atoms with Crippen molar-refractivity contribution in [2.24, 2.45) is 11.7 Å². The zero-order chi connectivity index (χ0) is 11.5. The fourth-order valence-corrected chi connectivity index (χ4v) is 2.72. The minimum absolute atomic E-state index is 0. The number of halogens is 1. The molecule has 3 N–H and O–H groups in total. The third kappa shape index (κ3) is 3.62. The maximum absolute atomic E-state index is 9.25. The first-order chi connectivity index (χ1) is 7.66. The maximum Gasteiger partial charge on any atom is 0.115 e. The normalized spacial score (nSPS) is 26.0. The predicted octanol–water partition coefficient (Wildman–Crippen LogP) is 3.44. The predicted molar refractivity (Wildman–Crippen MR) is 73.7 cm³/mol. The lowest BCUT2D eigenvalue weighted by molar-refractivity contribution is 0.291. The smallest absolute Gasteiger partial charge is 0.115 e. The Morgan fingerprint density at radius 2 is 1.65 bits per heavy atom. The zero-order valence-corrected chi connectivity index (χ0v) is 11.1. The van der Waals surface area contributed by atoms with E-state index in [4.69, 9.17) is 5.73 Å². The van der Waals surface area contributed by atoms with Crippen LogP contribution in [0, 0.1) is 5.92 Å². The molecule has 0 aromatic heterocycles. The lowest BCUT2D eigenvalue weighted by atomic mass is 9.76. The summed E-state index contributed by atoms with van der Waals surface area (Å²) in [5.41, 5.74) is 7.30. The number of benzene rings is 1. The van der Waals surface area contributed by atoms with Crippen molar-refractivity contribution in [1.82, 2.24) is 0 Å². The number of hydrogen-bond acceptors (Lipinski definition) is 2. The molecule has 0 aliphatic heterocycles. The van der Waals surface area contributed by atoms with Crippen molar-refractivity contribution >= 4 is 12.4 Å². The van der Waals surface area contributed by atoms with Crippen molar-refractivity contribution < 1.29 is 5.11 Å². The third-order valence-corrected chi connectivity index (χ3v) is 3.88. The summed E-state index contributed by atoms with van der Waals surface area (Å²) in [5.74, 6) is 1.72. The molecule has 1 aliphatic carbocycles. The van der Waals surface area contributed by atoms with Crippen molar-refractivity contribution in [1.29, 1.82) is 0 Å². The Kier molecular flexibility index (Phi) is 5.29. The molecule has 0 heterocycles. The average molecular weight is 256 g/mol. The van der Waals surface area contributed by atoms with Crippen molar-refractivity contribution in [2.75, 3.05) is 0 Å². The summed E-state index contributed by atoms with van der Waals surface area (Å²) < 4.78 is 0. The highest BCUT2D eigenvalue weighted by Gasteiger charge is 2.24. The SMILES string of the molecule is CC(N)C1CCC(c2ccc(O)cc2)CC1.Cl. The van der Waals surface area contributed by atoms with Crippen molar-refractivity contribution in [2.45, 2.75) is 44.6 Å². The molecule has 0 amide bonds. The Balaban J connectivity index is 0.00000144. The second kappa shape index (κ2) is 6.27. The van der Waals surface area contributed by atoms with Gasteiger partial charge in [-0.3, -0.25) is 0 Å². The largest absolute Gasteiger partial charge is 0.508 e. The van der Waals surface area contributed by atoms with Crippen LogP contribution >= 0.6 is 12.4 Å². The lowest BCUT2D eigenvalue weighted by Crippen LogP contribution is -2.29. The van der Waals surface area contributed by atoms with Crippen molar-refractivity contribution in [3.05, 3.63) is 29.8 Å². The van der Waals surface area contributed by atoms with E-state index in [9.17, 15) is 5.11 Å². The molecular weight excluding hydrogens is 234 g/mol. The van der Waals surface area contributed by atoms with Gasteiger partial charge in [0.15, 0.2) is 0 Å². The van der Waals surface area contributed by atoms with E-state index in [2.05, 4.69) is 6.92 Å². The molecule has 1 aromatic carbocycles. The quantitative estimate of drug-likeness (QED) is 0.851. The first kappa shape index (κ1) is 14.3. The van der Waals surface area contributed by atoms with Crippen LogP contribution in [0.1, 0.15) is 44.1 Å². The summed E-state index contributed by atoms with van der Waals surface area (Å²) in [6.45, 7) is 2.12. The number of rotatable bonds is 2. The van der Waals surface area contributed by atoms with Crippen molar-refractivity contribution in [3.63, 3.8) is 0 Å². The number of nitrogens with two attached hydrogens (primary N) is 1. The molecule has 17 heavy (non-hydrogen) atoms. The van der Waals surface area contributed by atoms with Crippen LogP contribution in [0.2, 0.25) is 0 Å². The molecule has 0 radical (unpaired) electrons. The topological polar surface area (TPSA) is 46.2 Å².